The van der Waals surface area contributed by atoms with E-state index in [1.54, 1.807) is 12.2 Å². The number of carbonyl (C=O) groups excluding carboxylic acids is 1. The van der Waals surface area contributed by atoms with Crippen molar-refractivity contribution in [1.29, 1.82) is 0 Å². The molecule has 2 fully saturated rings. The second-order valence-corrected chi connectivity index (χ2v) is 8.64. The maximum atomic E-state index is 12.5. The zero-order valence-electron chi connectivity index (χ0n) is 18.7. The number of aromatic nitrogens is 2. The molecule has 2 aromatic rings. The van der Waals surface area contributed by atoms with Crippen molar-refractivity contribution < 1.29 is 4.79 Å². The van der Waals surface area contributed by atoms with Gasteiger partial charge in [0.05, 0.1) is 11.4 Å². The fourth-order valence-electron chi connectivity index (χ4n) is 3.77. The third-order valence-corrected chi connectivity index (χ3v) is 6.07. The Morgan fingerprint density at radius 3 is 2.62 bits per heavy atom. The summed E-state index contributed by atoms with van der Waals surface area (Å²) >= 11 is 0. The molecule has 2 aliphatic rings. The molecule has 1 amide bonds. The van der Waals surface area contributed by atoms with Crippen molar-refractivity contribution in [3.05, 3.63) is 66.5 Å². The van der Waals surface area contributed by atoms with Crippen molar-refractivity contribution in [3.8, 4) is 11.3 Å². The van der Waals surface area contributed by atoms with E-state index in [0.29, 0.717) is 29.3 Å². The molecule has 1 saturated carbocycles. The summed E-state index contributed by atoms with van der Waals surface area (Å²) in [6, 6.07) is 10.5. The van der Waals surface area contributed by atoms with Crippen molar-refractivity contribution in [2.24, 2.45) is 11.7 Å². The molecule has 0 radical (unpaired) electrons. The second-order valence-electron chi connectivity index (χ2n) is 8.64. The number of hydrogen-bond donors (Lipinski definition) is 3. The lowest BCUT2D eigenvalue weighted by Gasteiger charge is -2.34. The van der Waals surface area contributed by atoms with E-state index >= 15 is 0 Å². The Hall–Kier alpha value is -3.32. The summed E-state index contributed by atoms with van der Waals surface area (Å²) in [7, 11) is 2.16. The molecule has 1 aromatic heterocycles. The van der Waals surface area contributed by atoms with Gasteiger partial charge in [0.15, 0.2) is 0 Å². The summed E-state index contributed by atoms with van der Waals surface area (Å²) in [6.45, 7) is 9.07. The van der Waals surface area contributed by atoms with Gasteiger partial charge in [-0.05, 0) is 73.5 Å². The molecule has 1 saturated heterocycles. The summed E-state index contributed by atoms with van der Waals surface area (Å²) < 4.78 is 0. The first-order chi connectivity index (χ1) is 15.5. The van der Waals surface area contributed by atoms with Crippen LogP contribution in [0.1, 0.15) is 18.5 Å². The first-order valence-corrected chi connectivity index (χ1v) is 11.2. The SMILES string of the molecule is C=C(/C=C(\C=C/N)C(=O)NCC1CC1)c1cc(-c2ccc(N3CCN(C)CC3)cc2)[nH]n1. The molecule has 0 spiro atoms. The summed E-state index contributed by atoms with van der Waals surface area (Å²) in [5.41, 5.74) is 10.6. The van der Waals surface area contributed by atoms with Gasteiger partial charge in [-0.2, -0.15) is 5.10 Å². The number of H-pyrrole nitrogens is 1. The number of rotatable bonds is 8. The standard InChI is InChI=1S/C25H32N6O/c1-18(15-21(9-10-26)25(32)27-17-19-3-4-19)23-16-24(29-28-23)20-5-7-22(8-6-20)31-13-11-30(2)12-14-31/h5-10,15-16,19H,1,3-4,11-14,17,26H2,2H3,(H,27,32)(H,28,29)/b10-9-,21-15+. The number of amides is 1. The number of piperazine rings is 1. The fourth-order valence-corrected chi connectivity index (χ4v) is 3.77. The van der Waals surface area contributed by atoms with Gasteiger partial charge in [-0.25, -0.2) is 0 Å². The van der Waals surface area contributed by atoms with Crippen LogP contribution in [0.4, 0.5) is 5.69 Å². The molecule has 4 N–H and O–H groups in total. The van der Waals surface area contributed by atoms with Crippen molar-refractivity contribution in [1.82, 2.24) is 20.4 Å². The molecule has 168 valence electrons. The second kappa shape index (κ2) is 9.87. The van der Waals surface area contributed by atoms with E-state index in [2.05, 4.69) is 63.2 Å². The molecule has 7 heteroatoms. The Bertz CT molecular complexity index is 1010. The Labute approximate surface area is 189 Å². The predicted molar refractivity (Wildman–Crippen MR) is 130 cm³/mol. The van der Waals surface area contributed by atoms with Crippen molar-refractivity contribution in [2.75, 3.05) is 44.7 Å². The van der Waals surface area contributed by atoms with Crippen LogP contribution in [0.25, 0.3) is 16.8 Å². The van der Waals surface area contributed by atoms with Crippen molar-refractivity contribution >= 4 is 17.2 Å². The van der Waals surface area contributed by atoms with Gasteiger partial charge in [-0.1, -0.05) is 18.7 Å². The highest BCUT2D eigenvalue weighted by Gasteiger charge is 2.22. The van der Waals surface area contributed by atoms with E-state index in [9.17, 15) is 4.79 Å². The highest BCUT2D eigenvalue weighted by atomic mass is 16.1. The number of likely N-dealkylation sites (N-methyl/N-ethyl adjacent to an activating group) is 1. The van der Waals surface area contributed by atoms with Crippen LogP contribution in [0.2, 0.25) is 0 Å². The normalized spacial score (nSPS) is 17.7. The van der Waals surface area contributed by atoms with E-state index in [1.165, 1.54) is 24.7 Å². The van der Waals surface area contributed by atoms with Gasteiger partial charge >= 0.3 is 0 Å². The van der Waals surface area contributed by atoms with Crippen LogP contribution in [0.15, 0.2) is 60.8 Å². The summed E-state index contributed by atoms with van der Waals surface area (Å²) in [4.78, 5) is 17.2. The lowest BCUT2D eigenvalue weighted by Crippen LogP contribution is -2.44. The Kier molecular flexibility index (Phi) is 6.75. The monoisotopic (exact) mass is 432 g/mol. The van der Waals surface area contributed by atoms with Crippen LogP contribution in [-0.4, -0.2) is 60.8 Å². The molecule has 1 aliphatic carbocycles. The predicted octanol–water partition coefficient (Wildman–Crippen LogP) is 2.77. The fraction of sp³-hybridized carbons (Fsp3) is 0.360. The van der Waals surface area contributed by atoms with Crippen LogP contribution in [0.5, 0.6) is 0 Å². The summed E-state index contributed by atoms with van der Waals surface area (Å²) in [6.07, 6.45) is 7.06. The van der Waals surface area contributed by atoms with Gasteiger partial charge in [0.25, 0.3) is 5.91 Å². The summed E-state index contributed by atoms with van der Waals surface area (Å²) in [5, 5.41) is 10.4. The highest BCUT2D eigenvalue weighted by molar-refractivity contribution is 5.98. The Morgan fingerprint density at radius 1 is 1.25 bits per heavy atom. The molecule has 32 heavy (non-hydrogen) atoms. The lowest BCUT2D eigenvalue weighted by atomic mass is 10.1. The van der Waals surface area contributed by atoms with Crippen LogP contribution in [-0.2, 0) is 4.79 Å². The number of carbonyl (C=O) groups is 1. The van der Waals surface area contributed by atoms with Crippen LogP contribution < -0.4 is 16.0 Å². The number of benzene rings is 1. The quantitative estimate of drug-likeness (QED) is 0.441. The number of aromatic amines is 1. The number of nitrogens with one attached hydrogen (secondary N) is 2. The van der Waals surface area contributed by atoms with Crippen LogP contribution in [0, 0.1) is 5.92 Å². The largest absolute Gasteiger partial charge is 0.405 e. The van der Waals surface area contributed by atoms with Gasteiger partial charge in [-0.3, -0.25) is 9.89 Å². The summed E-state index contributed by atoms with van der Waals surface area (Å²) in [5.74, 6) is 0.469. The highest BCUT2D eigenvalue weighted by Crippen LogP contribution is 2.28. The van der Waals surface area contributed by atoms with E-state index < -0.39 is 0 Å². The Morgan fingerprint density at radius 2 is 1.97 bits per heavy atom. The molecule has 0 unspecified atom stereocenters. The zero-order valence-corrected chi connectivity index (χ0v) is 18.7. The van der Waals surface area contributed by atoms with Gasteiger partial charge in [0.1, 0.15) is 0 Å². The number of nitrogens with two attached hydrogens (primary N) is 1. The number of anilines is 1. The van der Waals surface area contributed by atoms with Crippen molar-refractivity contribution in [2.45, 2.75) is 12.8 Å². The molecule has 0 atom stereocenters. The average Bonchev–Trinajstić information content (AvgIpc) is 3.51. The van der Waals surface area contributed by atoms with E-state index in [-0.39, 0.29) is 5.91 Å². The topological polar surface area (TPSA) is 90.3 Å². The van der Waals surface area contributed by atoms with Gasteiger partial charge < -0.3 is 20.9 Å². The molecule has 7 nitrogen and oxygen atoms in total. The van der Waals surface area contributed by atoms with Gasteiger partial charge in [0.2, 0.25) is 0 Å². The molecule has 2 heterocycles. The molecule has 4 rings (SSSR count). The minimum atomic E-state index is -0.144. The lowest BCUT2D eigenvalue weighted by molar-refractivity contribution is -0.117. The third kappa shape index (κ3) is 5.48. The van der Waals surface area contributed by atoms with Crippen LogP contribution >= 0.6 is 0 Å². The molecule has 0 bridgehead atoms. The van der Waals surface area contributed by atoms with E-state index in [4.69, 9.17) is 5.73 Å². The Balaban J connectivity index is 1.43. The third-order valence-electron chi connectivity index (χ3n) is 6.07. The number of nitrogens with zero attached hydrogens (tertiary/aromatic N) is 3. The minimum Gasteiger partial charge on any atom is -0.405 e. The molecule has 1 aromatic carbocycles. The van der Waals surface area contributed by atoms with E-state index in [1.807, 2.05) is 6.07 Å². The van der Waals surface area contributed by atoms with Crippen LogP contribution in [0.3, 0.4) is 0 Å². The molecule has 1 aliphatic heterocycles. The molecular weight excluding hydrogens is 400 g/mol. The van der Waals surface area contributed by atoms with E-state index in [0.717, 1.165) is 37.4 Å². The smallest absolute Gasteiger partial charge is 0.251 e. The number of hydrogen-bond acceptors (Lipinski definition) is 5. The number of allylic oxidation sites excluding steroid dienone is 2. The average molecular weight is 433 g/mol. The first kappa shape index (κ1) is 21.9. The minimum absolute atomic E-state index is 0.144. The maximum absolute atomic E-state index is 12.5. The maximum Gasteiger partial charge on any atom is 0.251 e. The molecular formula is C25H32N6O. The first-order valence-electron chi connectivity index (χ1n) is 11.2. The van der Waals surface area contributed by atoms with Crippen molar-refractivity contribution in [3.63, 3.8) is 0 Å². The van der Waals surface area contributed by atoms with Gasteiger partial charge in [-0.15, -0.1) is 0 Å². The van der Waals surface area contributed by atoms with Gasteiger partial charge in [0, 0.05) is 44.0 Å². The zero-order chi connectivity index (χ0) is 22.5.